The van der Waals surface area contributed by atoms with Crippen LogP contribution in [0.25, 0.3) is 0 Å². The molecule has 100 valence electrons. The predicted octanol–water partition coefficient (Wildman–Crippen LogP) is 4.03. The van der Waals surface area contributed by atoms with Crippen LogP contribution in [0.2, 0.25) is 5.02 Å². The third-order valence-electron chi connectivity index (χ3n) is 3.09. The Kier molecular flexibility index (Phi) is 3.88. The number of halogens is 3. The number of hydrogen-bond donors (Lipinski definition) is 1. The summed E-state index contributed by atoms with van der Waals surface area (Å²) < 4.78 is 26.8. The normalized spacial score (nSPS) is 14.2. The van der Waals surface area contributed by atoms with E-state index in [0.29, 0.717) is 5.02 Å². The topological polar surface area (TPSA) is 26.0 Å². The monoisotopic (exact) mass is 281 g/mol. The molecule has 1 unspecified atom stereocenters. The summed E-state index contributed by atoms with van der Waals surface area (Å²) in [5.74, 6) is -1.70. The minimum Gasteiger partial charge on any atom is -0.321 e. The molecule has 0 amide bonds. The van der Waals surface area contributed by atoms with Gasteiger partial charge in [0.2, 0.25) is 0 Å². The van der Waals surface area contributed by atoms with Crippen molar-refractivity contribution in [3.63, 3.8) is 0 Å². The van der Waals surface area contributed by atoms with E-state index in [4.69, 9.17) is 17.3 Å². The van der Waals surface area contributed by atoms with Crippen molar-refractivity contribution in [1.82, 2.24) is 0 Å². The van der Waals surface area contributed by atoms with E-state index < -0.39 is 17.2 Å². The first-order valence-electron chi connectivity index (χ1n) is 5.88. The predicted molar refractivity (Wildman–Crippen MR) is 73.1 cm³/mol. The van der Waals surface area contributed by atoms with Crippen molar-refractivity contribution in [3.05, 3.63) is 70.2 Å². The van der Waals surface area contributed by atoms with E-state index in [1.165, 1.54) is 6.07 Å². The highest BCUT2D eigenvalue weighted by molar-refractivity contribution is 6.30. The Morgan fingerprint density at radius 1 is 1.11 bits per heavy atom. The van der Waals surface area contributed by atoms with Crippen molar-refractivity contribution in [2.45, 2.75) is 18.9 Å². The van der Waals surface area contributed by atoms with Gasteiger partial charge >= 0.3 is 0 Å². The van der Waals surface area contributed by atoms with E-state index in [-0.39, 0.29) is 12.0 Å². The van der Waals surface area contributed by atoms with Gasteiger partial charge in [-0.25, -0.2) is 8.78 Å². The number of rotatable bonds is 3. The van der Waals surface area contributed by atoms with Gasteiger partial charge in [0.15, 0.2) is 11.6 Å². The Balaban J connectivity index is 2.30. The molecule has 2 rings (SSSR count). The minimum atomic E-state index is -0.857. The lowest BCUT2D eigenvalue weighted by atomic mass is 9.86. The van der Waals surface area contributed by atoms with E-state index in [9.17, 15) is 8.78 Å². The second-order valence-corrected chi connectivity index (χ2v) is 5.25. The molecule has 1 atom stereocenters. The van der Waals surface area contributed by atoms with Gasteiger partial charge in [0.25, 0.3) is 0 Å². The number of hydrogen-bond acceptors (Lipinski definition) is 1. The quantitative estimate of drug-likeness (QED) is 0.903. The van der Waals surface area contributed by atoms with Crippen LogP contribution in [0, 0.1) is 11.6 Å². The molecule has 2 aromatic carbocycles. The fourth-order valence-corrected chi connectivity index (χ4v) is 2.14. The van der Waals surface area contributed by atoms with Gasteiger partial charge in [0, 0.05) is 10.6 Å². The van der Waals surface area contributed by atoms with E-state index in [0.717, 1.165) is 11.6 Å². The summed E-state index contributed by atoms with van der Waals surface area (Å²) in [7, 11) is 0. The van der Waals surface area contributed by atoms with Gasteiger partial charge < -0.3 is 5.73 Å². The molecule has 0 bridgehead atoms. The van der Waals surface area contributed by atoms with Crippen molar-refractivity contribution < 1.29 is 8.78 Å². The van der Waals surface area contributed by atoms with Crippen LogP contribution in [0.5, 0.6) is 0 Å². The molecule has 0 aromatic heterocycles. The van der Waals surface area contributed by atoms with Crippen molar-refractivity contribution in [2.75, 3.05) is 0 Å². The maximum atomic E-state index is 13.7. The van der Waals surface area contributed by atoms with Crippen LogP contribution >= 0.6 is 11.6 Å². The zero-order valence-electron chi connectivity index (χ0n) is 10.5. The SMILES string of the molecule is CC(N)(Cc1cccc(F)c1F)c1ccc(Cl)cc1. The Labute approximate surface area is 116 Å². The third kappa shape index (κ3) is 3.11. The molecule has 0 saturated heterocycles. The van der Waals surface area contributed by atoms with E-state index in [1.54, 1.807) is 37.3 Å². The second kappa shape index (κ2) is 5.27. The largest absolute Gasteiger partial charge is 0.321 e. The zero-order valence-corrected chi connectivity index (χ0v) is 11.2. The molecule has 0 aliphatic carbocycles. The summed E-state index contributed by atoms with van der Waals surface area (Å²) in [5.41, 5.74) is 6.50. The van der Waals surface area contributed by atoms with Gasteiger partial charge in [-0.3, -0.25) is 0 Å². The molecule has 0 radical (unpaired) electrons. The molecule has 0 heterocycles. The summed E-state index contributed by atoms with van der Waals surface area (Å²) in [5, 5.41) is 0.608. The van der Waals surface area contributed by atoms with Crippen LogP contribution < -0.4 is 5.73 Å². The highest BCUT2D eigenvalue weighted by atomic mass is 35.5. The van der Waals surface area contributed by atoms with Gasteiger partial charge in [-0.05, 0) is 42.7 Å². The maximum absolute atomic E-state index is 13.7. The molecule has 4 heteroatoms. The van der Waals surface area contributed by atoms with E-state index in [2.05, 4.69) is 0 Å². The van der Waals surface area contributed by atoms with Crippen LogP contribution in [0.1, 0.15) is 18.1 Å². The van der Waals surface area contributed by atoms with E-state index >= 15 is 0 Å². The van der Waals surface area contributed by atoms with Gasteiger partial charge in [-0.15, -0.1) is 0 Å². The Hall–Kier alpha value is -1.45. The molecule has 0 saturated carbocycles. The maximum Gasteiger partial charge on any atom is 0.162 e. The fraction of sp³-hybridized carbons (Fsp3) is 0.200. The van der Waals surface area contributed by atoms with Crippen molar-refractivity contribution in [1.29, 1.82) is 0 Å². The molecule has 0 aliphatic rings. The van der Waals surface area contributed by atoms with Gasteiger partial charge in [0.05, 0.1) is 0 Å². The highest BCUT2D eigenvalue weighted by Gasteiger charge is 2.24. The number of nitrogens with two attached hydrogens (primary N) is 1. The third-order valence-corrected chi connectivity index (χ3v) is 3.34. The smallest absolute Gasteiger partial charge is 0.162 e. The molecule has 2 N–H and O–H groups in total. The fourth-order valence-electron chi connectivity index (χ4n) is 2.01. The molecular formula is C15H14ClF2N. The van der Waals surface area contributed by atoms with Crippen LogP contribution in [-0.4, -0.2) is 0 Å². The lowest BCUT2D eigenvalue weighted by molar-refractivity contribution is 0.454. The Bertz CT molecular complexity index is 579. The molecular weight excluding hydrogens is 268 g/mol. The van der Waals surface area contributed by atoms with Crippen molar-refractivity contribution >= 4 is 11.6 Å². The molecule has 1 nitrogen and oxygen atoms in total. The first-order chi connectivity index (χ1) is 8.90. The first kappa shape index (κ1) is 14.0. The van der Waals surface area contributed by atoms with Crippen molar-refractivity contribution in [2.24, 2.45) is 5.73 Å². The van der Waals surface area contributed by atoms with Gasteiger partial charge in [0.1, 0.15) is 0 Å². The molecule has 0 spiro atoms. The van der Waals surface area contributed by atoms with Gasteiger partial charge in [-0.1, -0.05) is 35.9 Å². The molecule has 2 aromatic rings. The van der Waals surface area contributed by atoms with E-state index in [1.807, 2.05) is 0 Å². The van der Waals surface area contributed by atoms with Crippen LogP contribution in [-0.2, 0) is 12.0 Å². The minimum absolute atomic E-state index is 0.207. The Morgan fingerprint density at radius 3 is 2.37 bits per heavy atom. The summed E-state index contributed by atoms with van der Waals surface area (Å²) in [6.07, 6.45) is 0.207. The zero-order chi connectivity index (χ0) is 14.0. The lowest BCUT2D eigenvalue weighted by Gasteiger charge is -2.25. The average Bonchev–Trinajstić information content (AvgIpc) is 2.35. The summed E-state index contributed by atoms with van der Waals surface area (Å²) in [4.78, 5) is 0. The summed E-state index contributed by atoms with van der Waals surface area (Å²) in [6, 6.07) is 11.1. The Morgan fingerprint density at radius 2 is 1.74 bits per heavy atom. The first-order valence-corrected chi connectivity index (χ1v) is 6.26. The lowest BCUT2D eigenvalue weighted by Crippen LogP contribution is -2.35. The summed E-state index contributed by atoms with van der Waals surface area (Å²) in [6.45, 7) is 1.78. The molecule has 19 heavy (non-hydrogen) atoms. The molecule has 0 fully saturated rings. The van der Waals surface area contributed by atoms with Crippen LogP contribution in [0.3, 0.4) is 0 Å². The van der Waals surface area contributed by atoms with Gasteiger partial charge in [-0.2, -0.15) is 0 Å². The number of benzene rings is 2. The standard InChI is InChI=1S/C15H14ClF2N/c1-15(19,11-5-7-12(16)8-6-11)9-10-3-2-4-13(17)14(10)18/h2-8H,9,19H2,1H3. The summed E-state index contributed by atoms with van der Waals surface area (Å²) >= 11 is 5.82. The molecule has 0 aliphatic heterocycles. The van der Waals surface area contributed by atoms with Crippen LogP contribution in [0.4, 0.5) is 8.78 Å². The second-order valence-electron chi connectivity index (χ2n) is 4.81. The van der Waals surface area contributed by atoms with Crippen molar-refractivity contribution in [3.8, 4) is 0 Å². The highest BCUT2D eigenvalue weighted by Crippen LogP contribution is 2.26. The average molecular weight is 282 g/mol. The van der Waals surface area contributed by atoms with Crippen LogP contribution in [0.15, 0.2) is 42.5 Å².